The fourth-order valence-electron chi connectivity index (χ4n) is 2.17. The van der Waals surface area contributed by atoms with Gasteiger partial charge in [-0.25, -0.2) is 0 Å². The zero-order valence-corrected chi connectivity index (χ0v) is 9.36. The minimum atomic E-state index is -1.05. The normalized spacial score (nSPS) is 36.9. The summed E-state index contributed by atoms with van der Waals surface area (Å²) < 4.78 is 5.23. The molecule has 0 aliphatic carbocycles. The number of hydrogen-bond donors (Lipinski definition) is 0. The van der Waals surface area contributed by atoms with Crippen LogP contribution in [0.4, 0.5) is 0 Å². The third-order valence-corrected chi connectivity index (χ3v) is 3.34. The van der Waals surface area contributed by atoms with Gasteiger partial charge in [-0.2, -0.15) is 0 Å². The molecule has 2 rings (SSSR count). The predicted molar refractivity (Wildman–Crippen MR) is 55.8 cm³/mol. The molecule has 1 fully saturated rings. The summed E-state index contributed by atoms with van der Waals surface area (Å²) in [4.78, 5) is 35.0. The van der Waals surface area contributed by atoms with Crippen LogP contribution in [-0.4, -0.2) is 29.6 Å². The Labute approximate surface area is 93.7 Å². The molecule has 0 amide bonds. The van der Waals surface area contributed by atoms with Crippen LogP contribution < -0.4 is 0 Å². The van der Waals surface area contributed by atoms with Crippen molar-refractivity contribution in [1.82, 2.24) is 0 Å². The van der Waals surface area contributed by atoms with E-state index < -0.39 is 17.6 Å². The first-order valence-corrected chi connectivity index (χ1v) is 5.37. The number of ether oxygens (including phenoxy) is 1. The monoisotopic (exact) mass is 222 g/mol. The Bertz CT molecular complexity index is 370. The van der Waals surface area contributed by atoms with Gasteiger partial charge in [0, 0.05) is 6.42 Å². The summed E-state index contributed by atoms with van der Waals surface area (Å²) in [5, 5.41) is 0. The quantitative estimate of drug-likeness (QED) is 0.524. The van der Waals surface area contributed by atoms with Crippen LogP contribution >= 0.6 is 0 Å². The summed E-state index contributed by atoms with van der Waals surface area (Å²) in [6.07, 6.45) is 2.61. The van der Waals surface area contributed by atoms with Gasteiger partial charge in [0.1, 0.15) is 18.0 Å². The molecule has 0 aromatic rings. The first-order valence-electron chi connectivity index (χ1n) is 5.37. The molecule has 4 heteroatoms. The van der Waals surface area contributed by atoms with E-state index in [0.29, 0.717) is 0 Å². The zero-order chi connectivity index (χ0) is 11.9. The Kier molecular flexibility index (Phi) is 2.54. The molecule has 0 aromatic carbocycles. The van der Waals surface area contributed by atoms with Crippen molar-refractivity contribution in [3.05, 3.63) is 12.2 Å². The van der Waals surface area contributed by atoms with Gasteiger partial charge in [-0.15, -0.1) is 0 Å². The minimum absolute atomic E-state index is 0.00590. The molecule has 0 aromatic heterocycles. The number of Topliss-reactive ketones (excluding diaryl/α,β-unsaturated/α-hetero) is 3. The van der Waals surface area contributed by atoms with E-state index in [1.807, 2.05) is 0 Å². The van der Waals surface area contributed by atoms with Crippen LogP contribution in [0.2, 0.25) is 0 Å². The molecular weight excluding hydrogens is 208 g/mol. The third kappa shape index (κ3) is 1.53. The molecule has 4 nitrogen and oxygen atoms in total. The molecule has 0 N–H and O–H groups in total. The molecule has 86 valence electrons. The van der Waals surface area contributed by atoms with Crippen molar-refractivity contribution in [3.63, 3.8) is 0 Å². The highest BCUT2D eigenvalue weighted by atomic mass is 16.5. The van der Waals surface area contributed by atoms with Crippen LogP contribution in [0.25, 0.3) is 0 Å². The topological polar surface area (TPSA) is 60.4 Å². The maximum atomic E-state index is 12.0. The van der Waals surface area contributed by atoms with Gasteiger partial charge in [-0.1, -0.05) is 0 Å². The fourth-order valence-corrected chi connectivity index (χ4v) is 2.17. The third-order valence-electron chi connectivity index (χ3n) is 3.34. The van der Waals surface area contributed by atoms with Crippen molar-refractivity contribution in [2.45, 2.75) is 38.9 Å². The molecule has 2 bridgehead atoms. The molecule has 2 aliphatic rings. The fraction of sp³-hybridized carbons (Fsp3) is 0.583. The minimum Gasteiger partial charge on any atom is -0.351 e. The molecule has 0 saturated carbocycles. The van der Waals surface area contributed by atoms with Gasteiger partial charge in [0.25, 0.3) is 0 Å². The van der Waals surface area contributed by atoms with Crippen LogP contribution in [0.15, 0.2) is 12.2 Å². The Balaban J connectivity index is 2.23. The highest BCUT2D eigenvalue weighted by Gasteiger charge is 2.53. The van der Waals surface area contributed by atoms with Crippen molar-refractivity contribution in [2.75, 3.05) is 0 Å². The summed E-state index contributed by atoms with van der Waals surface area (Å²) in [5.74, 6) is -0.443. The molecule has 0 radical (unpaired) electrons. The standard InChI is InChI=1S/C12H14O4/c1-7(13)5-6-12(2)10(14)8-3-4-9(16-8)11(12)15/h3-4,8-9H,5-6H2,1-2H3. The average Bonchev–Trinajstić information content (AvgIpc) is 2.69. The summed E-state index contributed by atoms with van der Waals surface area (Å²) in [6.45, 7) is 3.08. The van der Waals surface area contributed by atoms with Crippen molar-refractivity contribution in [2.24, 2.45) is 5.41 Å². The molecule has 0 spiro atoms. The van der Waals surface area contributed by atoms with Crippen LogP contribution in [0.5, 0.6) is 0 Å². The van der Waals surface area contributed by atoms with E-state index in [1.54, 1.807) is 19.1 Å². The van der Waals surface area contributed by atoms with Crippen LogP contribution in [-0.2, 0) is 19.1 Å². The maximum absolute atomic E-state index is 12.0. The van der Waals surface area contributed by atoms with Gasteiger partial charge in [0.2, 0.25) is 0 Å². The summed E-state index contributed by atoms with van der Waals surface area (Å²) >= 11 is 0. The lowest BCUT2D eigenvalue weighted by Gasteiger charge is -2.34. The summed E-state index contributed by atoms with van der Waals surface area (Å²) in [5.41, 5.74) is -1.05. The Morgan fingerprint density at radius 2 is 1.81 bits per heavy atom. The Morgan fingerprint density at radius 1 is 1.31 bits per heavy atom. The lowest BCUT2D eigenvalue weighted by Crippen LogP contribution is -2.51. The van der Waals surface area contributed by atoms with Crippen LogP contribution in [0.3, 0.4) is 0 Å². The van der Waals surface area contributed by atoms with E-state index >= 15 is 0 Å². The zero-order valence-electron chi connectivity index (χ0n) is 9.36. The van der Waals surface area contributed by atoms with Crippen LogP contribution in [0.1, 0.15) is 26.7 Å². The summed E-state index contributed by atoms with van der Waals surface area (Å²) in [7, 11) is 0. The van der Waals surface area contributed by atoms with Gasteiger partial charge in [0.15, 0.2) is 11.6 Å². The van der Waals surface area contributed by atoms with E-state index in [9.17, 15) is 14.4 Å². The lowest BCUT2D eigenvalue weighted by molar-refractivity contribution is -0.161. The number of carbonyl (C=O) groups excluding carboxylic acids is 3. The number of rotatable bonds is 3. The highest BCUT2D eigenvalue weighted by Crippen LogP contribution is 2.38. The van der Waals surface area contributed by atoms with Gasteiger partial charge in [0.05, 0.1) is 5.41 Å². The molecule has 1 saturated heterocycles. The second kappa shape index (κ2) is 3.63. The predicted octanol–water partition coefficient (Wildman–Crippen LogP) is 0.837. The molecular formula is C12H14O4. The number of carbonyl (C=O) groups is 3. The summed E-state index contributed by atoms with van der Waals surface area (Å²) in [6, 6.07) is 0. The Hall–Kier alpha value is -1.29. The Morgan fingerprint density at radius 3 is 2.25 bits per heavy atom. The van der Waals surface area contributed by atoms with E-state index in [4.69, 9.17) is 4.74 Å². The second-order valence-corrected chi connectivity index (χ2v) is 4.62. The smallest absolute Gasteiger partial charge is 0.178 e. The molecule has 2 unspecified atom stereocenters. The van der Waals surface area contributed by atoms with Gasteiger partial charge < -0.3 is 9.53 Å². The first-order chi connectivity index (χ1) is 7.45. The maximum Gasteiger partial charge on any atom is 0.178 e. The second-order valence-electron chi connectivity index (χ2n) is 4.62. The van der Waals surface area contributed by atoms with Gasteiger partial charge >= 0.3 is 0 Å². The number of hydrogen-bond acceptors (Lipinski definition) is 4. The van der Waals surface area contributed by atoms with Crippen molar-refractivity contribution < 1.29 is 19.1 Å². The van der Waals surface area contributed by atoms with Gasteiger partial charge in [-0.05, 0) is 32.4 Å². The number of fused-ring (bicyclic) bond motifs is 2. The van der Waals surface area contributed by atoms with Crippen molar-refractivity contribution in [1.29, 1.82) is 0 Å². The molecule has 2 atom stereocenters. The van der Waals surface area contributed by atoms with E-state index in [-0.39, 0.29) is 30.2 Å². The van der Waals surface area contributed by atoms with E-state index in [1.165, 1.54) is 6.92 Å². The first kappa shape index (κ1) is 11.2. The lowest BCUT2D eigenvalue weighted by atomic mass is 9.73. The number of ketones is 3. The molecule has 2 aliphatic heterocycles. The molecule has 2 heterocycles. The van der Waals surface area contributed by atoms with Crippen LogP contribution in [0, 0.1) is 5.41 Å². The molecule has 16 heavy (non-hydrogen) atoms. The SMILES string of the molecule is CC(=O)CCC1(C)C(=O)C2C=CC(O2)C1=O. The van der Waals surface area contributed by atoms with E-state index in [0.717, 1.165) is 0 Å². The van der Waals surface area contributed by atoms with Crippen molar-refractivity contribution >= 4 is 17.3 Å². The largest absolute Gasteiger partial charge is 0.351 e. The van der Waals surface area contributed by atoms with Gasteiger partial charge in [-0.3, -0.25) is 9.59 Å². The van der Waals surface area contributed by atoms with Crippen molar-refractivity contribution in [3.8, 4) is 0 Å². The highest BCUT2D eigenvalue weighted by molar-refractivity contribution is 6.14. The average molecular weight is 222 g/mol. The van der Waals surface area contributed by atoms with E-state index in [2.05, 4.69) is 0 Å².